The van der Waals surface area contributed by atoms with E-state index in [2.05, 4.69) is 16.9 Å². The number of azide groups is 1. The molecule has 0 aliphatic heterocycles. The number of nitrogens with zero attached hydrogens (tertiary/aromatic N) is 3. The summed E-state index contributed by atoms with van der Waals surface area (Å²) in [6.45, 7) is 4.18. The molecule has 0 bridgehead atoms. The first-order chi connectivity index (χ1) is 7.76. The zero-order valence-corrected chi connectivity index (χ0v) is 10.3. The molecule has 0 aliphatic rings. The van der Waals surface area contributed by atoms with Gasteiger partial charge in [0.15, 0.2) is 0 Å². The van der Waals surface area contributed by atoms with Crippen molar-refractivity contribution < 1.29 is 5.11 Å². The number of allylic oxidation sites excluding steroid dienone is 1. The minimum atomic E-state index is -0.641. The Kier molecular flexibility index (Phi) is 9.87. The lowest BCUT2D eigenvalue weighted by Crippen LogP contribution is -2.21. The van der Waals surface area contributed by atoms with E-state index in [1.807, 2.05) is 13.0 Å². The molecule has 0 aliphatic carbocycles. The first kappa shape index (κ1) is 15.0. The highest BCUT2D eigenvalue weighted by molar-refractivity contribution is 4.95. The van der Waals surface area contributed by atoms with Crippen molar-refractivity contribution in [2.75, 3.05) is 0 Å². The number of aliphatic hydroxyl groups is 1. The third-order valence-electron chi connectivity index (χ3n) is 2.49. The summed E-state index contributed by atoms with van der Waals surface area (Å²) in [6, 6.07) is -0.322. The van der Waals surface area contributed by atoms with Crippen LogP contribution < -0.4 is 0 Å². The van der Waals surface area contributed by atoms with E-state index in [9.17, 15) is 5.11 Å². The van der Waals surface area contributed by atoms with Gasteiger partial charge in [0.05, 0.1) is 12.1 Å². The van der Waals surface area contributed by atoms with Crippen LogP contribution in [0, 0.1) is 0 Å². The van der Waals surface area contributed by atoms with Crippen LogP contribution in [0.15, 0.2) is 17.3 Å². The average Bonchev–Trinajstić information content (AvgIpc) is 2.28. The van der Waals surface area contributed by atoms with E-state index < -0.39 is 6.10 Å². The van der Waals surface area contributed by atoms with Gasteiger partial charge in [-0.15, -0.1) is 0 Å². The second kappa shape index (κ2) is 10.5. The molecule has 0 spiro atoms. The molecule has 1 N–H and O–H groups in total. The molecule has 0 heterocycles. The molecule has 0 unspecified atom stereocenters. The SMILES string of the molecule is CCCCC/C=C/[C@@H](O)[C@H](CCC)N=[N+]=[N-]. The van der Waals surface area contributed by atoms with Crippen LogP contribution in [0.1, 0.15) is 52.4 Å². The van der Waals surface area contributed by atoms with Gasteiger partial charge in [-0.1, -0.05) is 50.4 Å². The van der Waals surface area contributed by atoms with E-state index in [1.54, 1.807) is 6.08 Å². The highest BCUT2D eigenvalue weighted by Crippen LogP contribution is 2.10. The van der Waals surface area contributed by atoms with Crippen LogP contribution in [0.5, 0.6) is 0 Å². The molecular formula is C12H23N3O. The highest BCUT2D eigenvalue weighted by Gasteiger charge is 2.13. The lowest BCUT2D eigenvalue weighted by atomic mass is 10.1. The zero-order valence-electron chi connectivity index (χ0n) is 10.3. The molecule has 0 saturated heterocycles. The summed E-state index contributed by atoms with van der Waals surface area (Å²) in [5.74, 6) is 0. The molecular weight excluding hydrogens is 202 g/mol. The largest absolute Gasteiger partial charge is 0.389 e. The van der Waals surface area contributed by atoms with E-state index in [-0.39, 0.29) is 6.04 Å². The van der Waals surface area contributed by atoms with E-state index in [1.165, 1.54) is 12.8 Å². The molecule has 2 atom stereocenters. The maximum atomic E-state index is 9.78. The van der Waals surface area contributed by atoms with Crippen molar-refractivity contribution in [1.29, 1.82) is 0 Å². The van der Waals surface area contributed by atoms with Crippen molar-refractivity contribution in [2.24, 2.45) is 5.11 Å². The maximum Gasteiger partial charge on any atom is 0.0805 e. The van der Waals surface area contributed by atoms with Gasteiger partial charge in [-0.3, -0.25) is 0 Å². The highest BCUT2D eigenvalue weighted by atomic mass is 16.3. The summed E-state index contributed by atoms with van der Waals surface area (Å²) >= 11 is 0. The number of unbranched alkanes of at least 4 members (excludes halogenated alkanes) is 3. The Labute approximate surface area is 98.0 Å². The zero-order chi connectivity index (χ0) is 12.2. The summed E-state index contributed by atoms with van der Waals surface area (Å²) in [4.78, 5) is 2.76. The van der Waals surface area contributed by atoms with Crippen molar-refractivity contribution in [3.8, 4) is 0 Å². The smallest absolute Gasteiger partial charge is 0.0805 e. The normalized spacial score (nSPS) is 14.7. The van der Waals surface area contributed by atoms with Gasteiger partial charge in [-0.05, 0) is 24.8 Å². The van der Waals surface area contributed by atoms with Gasteiger partial charge in [0, 0.05) is 4.91 Å². The van der Waals surface area contributed by atoms with Gasteiger partial charge >= 0.3 is 0 Å². The fraction of sp³-hybridized carbons (Fsp3) is 0.833. The molecule has 0 aromatic rings. The van der Waals surface area contributed by atoms with Crippen molar-refractivity contribution in [3.05, 3.63) is 22.6 Å². The van der Waals surface area contributed by atoms with Crippen molar-refractivity contribution in [2.45, 2.75) is 64.5 Å². The summed E-state index contributed by atoms with van der Waals surface area (Å²) in [5, 5.41) is 13.4. The summed E-state index contributed by atoms with van der Waals surface area (Å²) in [6.07, 6.45) is 9.29. The monoisotopic (exact) mass is 225 g/mol. The van der Waals surface area contributed by atoms with Crippen LogP contribution in [0.2, 0.25) is 0 Å². The maximum absolute atomic E-state index is 9.78. The van der Waals surface area contributed by atoms with Crippen molar-refractivity contribution >= 4 is 0 Å². The molecule has 16 heavy (non-hydrogen) atoms. The summed E-state index contributed by atoms with van der Waals surface area (Å²) in [5.41, 5.74) is 8.38. The second-order valence-electron chi connectivity index (χ2n) is 3.98. The minimum Gasteiger partial charge on any atom is -0.389 e. The molecule has 92 valence electrons. The Morgan fingerprint density at radius 1 is 1.31 bits per heavy atom. The Hall–Kier alpha value is -0.990. The Morgan fingerprint density at radius 3 is 2.62 bits per heavy atom. The third kappa shape index (κ3) is 7.32. The first-order valence-corrected chi connectivity index (χ1v) is 6.15. The Balaban J connectivity index is 3.97. The van der Waals surface area contributed by atoms with Crippen molar-refractivity contribution in [1.82, 2.24) is 0 Å². The molecule has 0 aromatic heterocycles. The van der Waals surface area contributed by atoms with Crippen LogP contribution in [-0.2, 0) is 0 Å². The lowest BCUT2D eigenvalue weighted by molar-refractivity contribution is 0.185. The van der Waals surface area contributed by atoms with Gasteiger partial charge in [0.25, 0.3) is 0 Å². The molecule has 0 aromatic carbocycles. The second-order valence-corrected chi connectivity index (χ2v) is 3.98. The van der Waals surface area contributed by atoms with Crippen LogP contribution in [-0.4, -0.2) is 17.3 Å². The quantitative estimate of drug-likeness (QED) is 0.208. The topological polar surface area (TPSA) is 69.0 Å². The van der Waals surface area contributed by atoms with Gasteiger partial charge in [0.1, 0.15) is 0 Å². The predicted molar refractivity (Wildman–Crippen MR) is 67.1 cm³/mol. The van der Waals surface area contributed by atoms with Crippen molar-refractivity contribution in [3.63, 3.8) is 0 Å². The number of hydrogen-bond donors (Lipinski definition) is 1. The third-order valence-corrected chi connectivity index (χ3v) is 2.49. The fourth-order valence-corrected chi connectivity index (χ4v) is 1.53. The molecule has 4 nitrogen and oxygen atoms in total. The number of aliphatic hydroxyl groups excluding tert-OH is 1. The van der Waals surface area contributed by atoms with Crippen LogP contribution in [0.4, 0.5) is 0 Å². The molecule has 0 radical (unpaired) electrons. The van der Waals surface area contributed by atoms with Crippen LogP contribution in [0.3, 0.4) is 0 Å². The minimum absolute atomic E-state index is 0.322. The van der Waals surface area contributed by atoms with E-state index >= 15 is 0 Å². The fourth-order valence-electron chi connectivity index (χ4n) is 1.53. The van der Waals surface area contributed by atoms with E-state index in [0.717, 1.165) is 25.7 Å². The standard InChI is InChI=1S/C12H23N3O/c1-3-5-6-7-8-10-12(16)11(9-4-2)14-15-13/h8,10-12,16H,3-7,9H2,1-2H3/b10-8+/t11-,12+/m0/s1. The van der Waals surface area contributed by atoms with Gasteiger partial charge < -0.3 is 5.11 Å². The first-order valence-electron chi connectivity index (χ1n) is 6.15. The van der Waals surface area contributed by atoms with Crippen LogP contribution >= 0.6 is 0 Å². The summed E-state index contributed by atoms with van der Waals surface area (Å²) < 4.78 is 0. The summed E-state index contributed by atoms with van der Waals surface area (Å²) in [7, 11) is 0. The predicted octanol–water partition coefficient (Wildman–Crippen LogP) is 3.96. The van der Waals surface area contributed by atoms with E-state index in [4.69, 9.17) is 5.53 Å². The van der Waals surface area contributed by atoms with Crippen LogP contribution in [0.25, 0.3) is 10.4 Å². The van der Waals surface area contributed by atoms with Gasteiger partial charge in [-0.2, -0.15) is 0 Å². The number of rotatable bonds is 9. The average molecular weight is 225 g/mol. The molecule has 0 amide bonds. The molecule has 0 saturated carbocycles. The van der Waals surface area contributed by atoms with Gasteiger partial charge in [-0.25, -0.2) is 0 Å². The Morgan fingerprint density at radius 2 is 2.06 bits per heavy atom. The number of hydrogen-bond acceptors (Lipinski definition) is 2. The van der Waals surface area contributed by atoms with Gasteiger partial charge in [0.2, 0.25) is 0 Å². The molecule has 4 heteroatoms. The molecule has 0 fully saturated rings. The van der Waals surface area contributed by atoms with E-state index in [0.29, 0.717) is 0 Å². The molecule has 0 rings (SSSR count). The lowest BCUT2D eigenvalue weighted by Gasteiger charge is -2.13. The Bertz CT molecular complexity index is 234.